The number of rotatable bonds is 9. The van der Waals surface area contributed by atoms with Gasteiger partial charge >= 0.3 is 5.97 Å². The number of carboxylic acids is 1. The molecule has 0 saturated heterocycles. The smallest absolute Gasteiger partial charge is 0.303 e. The van der Waals surface area contributed by atoms with Crippen molar-refractivity contribution in [2.75, 3.05) is 12.4 Å². The summed E-state index contributed by atoms with van der Waals surface area (Å²) in [6, 6.07) is 21.7. The molecule has 0 aliphatic carbocycles. The van der Waals surface area contributed by atoms with Crippen LogP contribution in [-0.4, -0.2) is 35.6 Å². The number of hydrogen-bond acceptors (Lipinski definition) is 6. The number of nitrogens with zero attached hydrogens (tertiary/aromatic N) is 2. The van der Waals surface area contributed by atoms with Crippen LogP contribution in [0.25, 0.3) is 21.7 Å². The standard InChI is InChI=1S/C28H25N3O5S/c1-36-23-9-12-26-25(15-23)22(8-13-28(32)33)18-31(26)37(34,35)24-10-6-19(7-11-24)16-29-27-14-20-4-2-3-5-21(20)17-30-27/h2-7,9-12,14-15,17-18H,8,13,16H2,1H3,(H,29,30)(H,32,33). The number of benzene rings is 3. The molecule has 9 heteroatoms. The fraction of sp³-hybridized carbons (Fsp3) is 0.143. The minimum Gasteiger partial charge on any atom is -0.497 e. The van der Waals surface area contributed by atoms with Gasteiger partial charge in [-0.25, -0.2) is 17.4 Å². The highest BCUT2D eigenvalue weighted by atomic mass is 32.2. The van der Waals surface area contributed by atoms with Gasteiger partial charge in [0, 0.05) is 36.1 Å². The molecule has 0 aliphatic heterocycles. The lowest BCUT2D eigenvalue weighted by Gasteiger charge is -2.10. The first-order valence-corrected chi connectivity index (χ1v) is 13.1. The minimum atomic E-state index is -3.92. The van der Waals surface area contributed by atoms with E-state index in [1.165, 1.54) is 17.3 Å². The van der Waals surface area contributed by atoms with Crippen LogP contribution in [0.15, 0.2) is 90.1 Å². The monoisotopic (exact) mass is 515 g/mol. The van der Waals surface area contributed by atoms with Gasteiger partial charge in [-0.2, -0.15) is 0 Å². The molecule has 0 fully saturated rings. The molecule has 0 bridgehead atoms. The number of aromatic nitrogens is 2. The van der Waals surface area contributed by atoms with Crippen LogP contribution in [-0.2, 0) is 27.8 Å². The Morgan fingerprint density at radius 1 is 1.03 bits per heavy atom. The molecule has 8 nitrogen and oxygen atoms in total. The zero-order valence-electron chi connectivity index (χ0n) is 20.1. The number of carboxylic acid groups (broad SMARTS) is 1. The lowest BCUT2D eigenvalue weighted by Crippen LogP contribution is -2.12. The molecule has 2 N–H and O–H groups in total. The van der Waals surface area contributed by atoms with Crippen LogP contribution in [0.5, 0.6) is 5.75 Å². The molecule has 37 heavy (non-hydrogen) atoms. The predicted molar refractivity (Wildman–Crippen MR) is 143 cm³/mol. The maximum Gasteiger partial charge on any atom is 0.303 e. The quantitative estimate of drug-likeness (QED) is 0.282. The van der Waals surface area contributed by atoms with Gasteiger partial charge in [0.05, 0.1) is 17.5 Å². The van der Waals surface area contributed by atoms with Crippen molar-refractivity contribution in [1.82, 2.24) is 8.96 Å². The highest BCUT2D eigenvalue weighted by molar-refractivity contribution is 7.90. The minimum absolute atomic E-state index is 0.107. The molecule has 5 rings (SSSR count). The summed E-state index contributed by atoms with van der Waals surface area (Å²) in [4.78, 5) is 15.7. The van der Waals surface area contributed by atoms with Crippen molar-refractivity contribution in [3.63, 3.8) is 0 Å². The van der Waals surface area contributed by atoms with Gasteiger partial charge in [0.1, 0.15) is 11.6 Å². The van der Waals surface area contributed by atoms with Gasteiger partial charge in [0.25, 0.3) is 10.0 Å². The third-order valence-corrected chi connectivity index (χ3v) is 7.94. The Hall–Kier alpha value is -4.37. The molecule has 0 saturated carbocycles. The Labute approximate surface area is 214 Å². The Kier molecular flexibility index (Phi) is 6.54. The summed E-state index contributed by atoms with van der Waals surface area (Å²) in [6.45, 7) is 0.483. The van der Waals surface area contributed by atoms with Gasteiger partial charge in [-0.1, -0.05) is 36.4 Å². The summed E-state index contributed by atoms with van der Waals surface area (Å²) >= 11 is 0. The fourth-order valence-electron chi connectivity index (χ4n) is 4.28. The number of anilines is 1. The molecule has 188 valence electrons. The third kappa shape index (κ3) is 4.99. The number of hydrogen-bond donors (Lipinski definition) is 2. The summed E-state index contributed by atoms with van der Waals surface area (Å²) in [5.41, 5.74) is 2.00. The number of ether oxygens (including phenoxy) is 1. The van der Waals surface area contributed by atoms with Crippen molar-refractivity contribution in [1.29, 1.82) is 0 Å². The Bertz CT molecular complexity index is 1710. The Morgan fingerprint density at radius 2 is 1.78 bits per heavy atom. The van der Waals surface area contributed by atoms with E-state index in [1.54, 1.807) is 42.5 Å². The normalized spacial score (nSPS) is 11.6. The van der Waals surface area contributed by atoms with E-state index in [9.17, 15) is 13.2 Å². The van der Waals surface area contributed by atoms with Crippen LogP contribution in [0.4, 0.5) is 5.82 Å². The third-order valence-electron chi connectivity index (χ3n) is 6.25. The van der Waals surface area contributed by atoms with Crippen LogP contribution < -0.4 is 10.1 Å². The van der Waals surface area contributed by atoms with E-state index >= 15 is 0 Å². The lowest BCUT2D eigenvalue weighted by molar-refractivity contribution is -0.136. The van der Waals surface area contributed by atoms with Gasteiger partial charge in [-0.3, -0.25) is 4.79 Å². The lowest BCUT2D eigenvalue weighted by atomic mass is 10.1. The number of carbonyl (C=O) groups is 1. The van der Waals surface area contributed by atoms with Crippen LogP contribution in [0.1, 0.15) is 17.5 Å². The van der Waals surface area contributed by atoms with Crippen molar-refractivity contribution in [3.8, 4) is 5.75 Å². The zero-order valence-corrected chi connectivity index (χ0v) is 20.9. The highest BCUT2D eigenvalue weighted by Crippen LogP contribution is 2.30. The number of fused-ring (bicyclic) bond motifs is 2. The van der Waals surface area contributed by atoms with E-state index in [0.29, 0.717) is 28.8 Å². The zero-order chi connectivity index (χ0) is 26.0. The summed E-state index contributed by atoms with van der Waals surface area (Å²) in [5.74, 6) is 0.352. The highest BCUT2D eigenvalue weighted by Gasteiger charge is 2.22. The maximum atomic E-state index is 13.6. The average Bonchev–Trinajstić information content (AvgIpc) is 3.29. The Morgan fingerprint density at radius 3 is 2.51 bits per heavy atom. The van der Waals surface area contributed by atoms with Gasteiger partial charge in [-0.05, 0) is 59.3 Å². The first-order chi connectivity index (χ1) is 17.8. The van der Waals surface area contributed by atoms with Crippen molar-refractivity contribution in [3.05, 3.63) is 96.3 Å². The number of aliphatic carboxylic acids is 1. The molecule has 0 spiro atoms. The second kappa shape index (κ2) is 9.94. The predicted octanol–water partition coefficient (Wildman–Crippen LogP) is 5.06. The van der Waals surface area contributed by atoms with Crippen molar-refractivity contribution >= 4 is 43.5 Å². The molecule has 3 aromatic carbocycles. The summed E-state index contributed by atoms with van der Waals surface area (Å²) in [5, 5.41) is 15.2. The van der Waals surface area contributed by atoms with Crippen LogP contribution >= 0.6 is 0 Å². The second-order valence-corrected chi connectivity index (χ2v) is 10.5. The van der Waals surface area contributed by atoms with Crippen LogP contribution in [0, 0.1) is 0 Å². The van der Waals surface area contributed by atoms with E-state index in [4.69, 9.17) is 9.84 Å². The van der Waals surface area contributed by atoms with Crippen molar-refractivity contribution in [2.45, 2.75) is 24.3 Å². The van der Waals surface area contributed by atoms with E-state index in [1.807, 2.05) is 36.5 Å². The average molecular weight is 516 g/mol. The topological polar surface area (TPSA) is 111 Å². The molecule has 0 radical (unpaired) electrons. The van der Waals surface area contributed by atoms with Crippen LogP contribution in [0.3, 0.4) is 0 Å². The van der Waals surface area contributed by atoms with Crippen molar-refractivity contribution in [2.24, 2.45) is 0 Å². The molecule has 2 aromatic heterocycles. The number of aryl methyl sites for hydroxylation is 1. The van der Waals surface area contributed by atoms with Gasteiger partial charge in [-0.15, -0.1) is 0 Å². The molecular weight excluding hydrogens is 490 g/mol. The molecule has 0 atom stereocenters. The number of nitrogens with one attached hydrogen (secondary N) is 1. The van der Waals surface area contributed by atoms with Gasteiger partial charge < -0.3 is 15.2 Å². The van der Waals surface area contributed by atoms with E-state index < -0.39 is 16.0 Å². The second-order valence-electron chi connectivity index (χ2n) is 8.65. The first-order valence-electron chi connectivity index (χ1n) is 11.7. The molecular formula is C28H25N3O5S. The summed E-state index contributed by atoms with van der Waals surface area (Å²) in [6.07, 6.45) is 3.41. The SMILES string of the molecule is COc1ccc2c(c1)c(CCC(=O)O)cn2S(=O)(=O)c1ccc(CNc2cc3ccccc3cn2)cc1. The van der Waals surface area contributed by atoms with E-state index in [0.717, 1.165) is 22.2 Å². The number of pyridine rings is 1. The van der Waals surface area contributed by atoms with E-state index in [-0.39, 0.29) is 17.7 Å². The molecule has 0 aliphatic rings. The molecule has 2 heterocycles. The molecule has 0 amide bonds. The van der Waals surface area contributed by atoms with Gasteiger partial charge in [0.15, 0.2) is 0 Å². The van der Waals surface area contributed by atoms with Crippen LogP contribution in [0.2, 0.25) is 0 Å². The summed E-state index contributed by atoms with van der Waals surface area (Å²) < 4.78 is 33.6. The van der Waals surface area contributed by atoms with Crippen molar-refractivity contribution < 1.29 is 23.1 Å². The maximum absolute atomic E-state index is 13.6. The summed E-state index contributed by atoms with van der Waals surface area (Å²) in [7, 11) is -2.39. The molecule has 5 aromatic rings. The van der Waals surface area contributed by atoms with Gasteiger partial charge in [0.2, 0.25) is 0 Å². The Balaban J connectivity index is 1.39. The fourth-order valence-corrected chi connectivity index (χ4v) is 5.67. The first kappa shape index (κ1) is 24.3. The number of methoxy groups -OCH3 is 1. The van der Waals surface area contributed by atoms with E-state index in [2.05, 4.69) is 10.3 Å². The largest absolute Gasteiger partial charge is 0.497 e. The molecule has 0 unspecified atom stereocenters.